The first-order chi connectivity index (χ1) is 14.8. The highest BCUT2D eigenvalue weighted by Crippen LogP contribution is 2.65. The fourth-order valence-corrected chi connectivity index (χ4v) is 7.76. The number of ether oxygens (including phenoxy) is 1. The molecule has 0 spiro atoms. The molecule has 0 bridgehead atoms. The van der Waals surface area contributed by atoms with E-state index in [-0.39, 0.29) is 46.8 Å². The van der Waals surface area contributed by atoms with Gasteiger partial charge in [0, 0.05) is 24.6 Å². The van der Waals surface area contributed by atoms with Crippen molar-refractivity contribution in [3.8, 4) is 0 Å². The third kappa shape index (κ3) is 3.12. The second-order valence-electron chi connectivity index (χ2n) is 11.0. The van der Waals surface area contributed by atoms with Gasteiger partial charge >= 0.3 is 0 Å². The van der Waals surface area contributed by atoms with E-state index in [1.165, 1.54) is 0 Å². The van der Waals surface area contributed by atoms with Crippen molar-refractivity contribution in [3.63, 3.8) is 0 Å². The van der Waals surface area contributed by atoms with Crippen LogP contribution < -0.4 is 5.32 Å². The van der Waals surface area contributed by atoms with Gasteiger partial charge in [0.2, 0.25) is 0 Å². The molecule has 0 aromatic carbocycles. The molecule has 6 heteroatoms. The molecule has 5 fully saturated rings. The fourth-order valence-electron chi connectivity index (χ4n) is 7.76. The lowest BCUT2D eigenvalue weighted by molar-refractivity contribution is -0.165. The summed E-state index contributed by atoms with van der Waals surface area (Å²) in [4.78, 5) is 30.7. The van der Waals surface area contributed by atoms with Crippen molar-refractivity contribution in [2.45, 2.75) is 71.1 Å². The largest absolute Gasteiger partial charge is 0.355 e. The van der Waals surface area contributed by atoms with Gasteiger partial charge in [-0.15, -0.1) is 0 Å². The summed E-state index contributed by atoms with van der Waals surface area (Å²) in [6, 6.07) is 0. The van der Waals surface area contributed by atoms with Crippen molar-refractivity contribution in [1.82, 2.24) is 5.32 Å². The fraction of sp³-hybridized carbons (Fsp3) is 0.800. The number of alkyl halides is 1. The molecule has 0 radical (unpaired) electrons. The van der Waals surface area contributed by atoms with E-state index in [9.17, 15) is 9.59 Å². The SMILES string of the molecule is C=C1CC2C(C(=O)C(F)[C@]3(C)C(=O)CCC23)[C@@]2(C)CC/C(=N\COC3CCNC3)CC12. The van der Waals surface area contributed by atoms with Gasteiger partial charge < -0.3 is 10.1 Å². The molecule has 5 aliphatic rings. The number of nitrogens with zero attached hydrogens (tertiary/aromatic N) is 1. The highest BCUT2D eigenvalue weighted by atomic mass is 19.1. The lowest BCUT2D eigenvalue weighted by Gasteiger charge is -2.59. The summed E-state index contributed by atoms with van der Waals surface area (Å²) in [5, 5.41) is 3.30. The maximum atomic E-state index is 15.5. The number of hydrogen-bond donors (Lipinski definition) is 1. The molecule has 4 aliphatic carbocycles. The Kier molecular flexibility index (Phi) is 5.25. The zero-order valence-electron chi connectivity index (χ0n) is 18.8. The summed E-state index contributed by atoms with van der Waals surface area (Å²) in [6.45, 7) is 10.6. The molecular formula is C25H35FN2O3. The highest BCUT2D eigenvalue weighted by Gasteiger charge is 2.68. The first kappa shape index (κ1) is 21.4. The number of Topliss-reactive ketones (excluding diaryl/α,β-unsaturated/α-hetero) is 2. The van der Waals surface area contributed by atoms with Crippen LogP contribution in [-0.4, -0.2) is 49.4 Å². The van der Waals surface area contributed by atoms with Gasteiger partial charge in [-0.2, -0.15) is 0 Å². The Morgan fingerprint density at radius 1 is 1.23 bits per heavy atom. The highest BCUT2D eigenvalue weighted by molar-refractivity contribution is 5.99. The van der Waals surface area contributed by atoms with E-state index >= 15 is 4.39 Å². The molecule has 0 aromatic rings. The molecule has 0 amide bonds. The van der Waals surface area contributed by atoms with Crippen molar-refractivity contribution in [2.75, 3.05) is 19.8 Å². The van der Waals surface area contributed by atoms with E-state index in [1.54, 1.807) is 6.92 Å². The number of hydrogen-bond acceptors (Lipinski definition) is 5. The molecule has 8 atom stereocenters. The average Bonchev–Trinajstić information content (AvgIpc) is 3.36. The van der Waals surface area contributed by atoms with Gasteiger partial charge in [0.15, 0.2) is 12.0 Å². The molecule has 5 rings (SSSR count). The molecule has 1 N–H and O–H groups in total. The predicted octanol–water partition coefficient (Wildman–Crippen LogP) is 3.67. The van der Waals surface area contributed by atoms with Crippen molar-refractivity contribution < 1.29 is 18.7 Å². The van der Waals surface area contributed by atoms with E-state index in [1.807, 2.05) is 0 Å². The zero-order valence-corrected chi connectivity index (χ0v) is 18.8. The maximum Gasteiger partial charge on any atom is 0.171 e. The van der Waals surface area contributed by atoms with Crippen LogP contribution in [0.4, 0.5) is 4.39 Å². The average molecular weight is 431 g/mol. The number of rotatable bonds is 3. The van der Waals surface area contributed by atoms with Gasteiger partial charge in [0.25, 0.3) is 0 Å². The van der Waals surface area contributed by atoms with Crippen LogP contribution in [0.15, 0.2) is 17.1 Å². The molecule has 1 saturated heterocycles. The summed E-state index contributed by atoms with van der Waals surface area (Å²) in [6.07, 6.45) is 3.87. The van der Waals surface area contributed by atoms with Crippen LogP contribution in [-0.2, 0) is 14.3 Å². The Morgan fingerprint density at radius 2 is 2.03 bits per heavy atom. The number of fused-ring (bicyclic) bond motifs is 5. The molecule has 0 aromatic heterocycles. The standard InChI is InChI=1S/C25H35FN2O3/c1-14-10-17-18-4-5-20(29)25(18,3)23(26)22(30)21(17)24(2)8-6-15(11-19(14)24)28-13-31-16-7-9-27-12-16/h16-19,21,23,27H,1,4-13H2,2-3H3/b28-15+/t16?,17?,18?,19?,21?,23?,24-,25-/m0/s1. The van der Waals surface area contributed by atoms with Crippen LogP contribution in [0, 0.1) is 34.5 Å². The Morgan fingerprint density at radius 3 is 2.77 bits per heavy atom. The number of carbonyl (C=O) groups excluding carboxylic acids is 2. The monoisotopic (exact) mass is 430 g/mol. The van der Waals surface area contributed by atoms with Gasteiger partial charge in [-0.05, 0) is 75.2 Å². The Labute approximate surface area is 184 Å². The van der Waals surface area contributed by atoms with E-state index < -0.39 is 11.6 Å². The molecule has 31 heavy (non-hydrogen) atoms. The summed E-state index contributed by atoms with van der Waals surface area (Å²) < 4.78 is 21.4. The number of halogens is 1. The Bertz CT molecular complexity index is 835. The minimum absolute atomic E-state index is 0.0430. The van der Waals surface area contributed by atoms with Gasteiger partial charge in [-0.1, -0.05) is 19.1 Å². The molecule has 1 heterocycles. The maximum absolute atomic E-state index is 15.5. The van der Waals surface area contributed by atoms with Crippen LogP contribution in [0.3, 0.4) is 0 Å². The molecule has 170 valence electrons. The van der Waals surface area contributed by atoms with Crippen molar-refractivity contribution in [3.05, 3.63) is 12.2 Å². The van der Waals surface area contributed by atoms with Crippen LogP contribution in [0.25, 0.3) is 0 Å². The van der Waals surface area contributed by atoms with Crippen LogP contribution in [0.1, 0.15) is 58.8 Å². The third-order valence-electron chi connectivity index (χ3n) is 9.58. The van der Waals surface area contributed by atoms with Gasteiger partial charge in [-0.25, -0.2) is 4.39 Å². The summed E-state index contributed by atoms with van der Waals surface area (Å²) in [5.41, 5.74) is 0.858. The minimum Gasteiger partial charge on any atom is -0.355 e. The summed E-state index contributed by atoms with van der Waals surface area (Å²) in [5.74, 6) is -0.560. The summed E-state index contributed by atoms with van der Waals surface area (Å²) in [7, 11) is 0. The van der Waals surface area contributed by atoms with E-state index in [4.69, 9.17) is 9.73 Å². The second-order valence-corrected chi connectivity index (χ2v) is 11.0. The minimum atomic E-state index is -1.67. The topological polar surface area (TPSA) is 67.8 Å². The van der Waals surface area contributed by atoms with E-state index in [0.29, 0.717) is 19.6 Å². The van der Waals surface area contributed by atoms with Crippen LogP contribution >= 0.6 is 0 Å². The van der Waals surface area contributed by atoms with E-state index in [0.717, 1.165) is 56.5 Å². The summed E-state index contributed by atoms with van der Waals surface area (Å²) >= 11 is 0. The van der Waals surface area contributed by atoms with Gasteiger partial charge in [0.05, 0.1) is 11.5 Å². The first-order valence-electron chi connectivity index (χ1n) is 12.0. The van der Waals surface area contributed by atoms with Crippen molar-refractivity contribution in [1.29, 1.82) is 0 Å². The third-order valence-corrected chi connectivity index (χ3v) is 9.58. The van der Waals surface area contributed by atoms with Crippen molar-refractivity contribution in [2.24, 2.45) is 39.5 Å². The molecule has 1 aliphatic heterocycles. The molecule has 6 unspecified atom stereocenters. The lowest BCUT2D eigenvalue weighted by atomic mass is 9.43. The Balaban J connectivity index is 1.37. The van der Waals surface area contributed by atoms with Crippen LogP contribution in [0.5, 0.6) is 0 Å². The number of ketones is 2. The number of carbonyl (C=O) groups is 2. The molecule has 5 nitrogen and oxygen atoms in total. The smallest absolute Gasteiger partial charge is 0.171 e. The predicted molar refractivity (Wildman–Crippen MR) is 117 cm³/mol. The molecule has 4 saturated carbocycles. The lowest BCUT2D eigenvalue weighted by Crippen LogP contribution is -2.62. The quantitative estimate of drug-likeness (QED) is 0.694. The number of nitrogens with one attached hydrogen (secondary N) is 1. The Hall–Kier alpha value is -1.40. The zero-order chi connectivity index (χ0) is 22.0. The van der Waals surface area contributed by atoms with E-state index in [2.05, 4.69) is 18.8 Å². The normalized spacial score (nSPS) is 48.6. The molecular weight excluding hydrogens is 395 g/mol. The number of allylic oxidation sites excluding steroid dienone is 1. The second kappa shape index (κ2) is 7.58. The number of aliphatic imine (C=N–C) groups is 1. The van der Waals surface area contributed by atoms with Crippen molar-refractivity contribution >= 4 is 17.3 Å². The van der Waals surface area contributed by atoms with Gasteiger partial charge in [-0.3, -0.25) is 14.6 Å². The van der Waals surface area contributed by atoms with Crippen LogP contribution in [0.2, 0.25) is 0 Å². The van der Waals surface area contributed by atoms with Gasteiger partial charge in [0.1, 0.15) is 12.5 Å². The first-order valence-corrected chi connectivity index (χ1v) is 12.0.